The van der Waals surface area contributed by atoms with E-state index >= 15 is 0 Å². The normalized spacial score (nSPS) is 25.7. The molecule has 0 amide bonds. The third-order valence-corrected chi connectivity index (χ3v) is 4.28. The lowest BCUT2D eigenvalue weighted by molar-refractivity contribution is -0.125. The molecule has 1 aliphatic carbocycles. The van der Waals surface area contributed by atoms with Gasteiger partial charge in [-0.3, -0.25) is 4.79 Å². The van der Waals surface area contributed by atoms with Gasteiger partial charge >= 0.3 is 0 Å². The average molecular weight is 238 g/mol. The molecule has 1 aliphatic heterocycles. The molecule has 2 fully saturated rings. The highest BCUT2D eigenvalue weighted by atomic mass is 16.1. The van der Waals surface area contributed by atoms with Crippen LogP contribution in [0.3, 0.4) is 0 Å². The lowest BCUT2D eigenvalue weighted by Gasteiger charge is -2.30. The Morgan fingerprint density at radius 2 is 1.65 bits per heavy atom. The fourth-order valence-electron chi connectivity index (χ4n) is 3.20. The van der Waals surface area contributed by atoms with Crippen LogP contribution >= 0.6 is 0 Å². The fourth-order valence-corrected chi connectivity index (χ4v) is 3.20. The van der Waals surface area contributed by atoms with E-state index in [9.17, 15) is 4.79 Å². The van der Waals surface area contributed by atoms with Crippen molar-refractivity contribution in [1.82, 2.24) is 4.90 Å². The molecule has 3 heteroatoms. The highest BCUT2D eigenvalue weighted by Crippen LogP contribution is 2.25. The van der Waals surface area contributed by atoms with Gasteiger partial charge in [0.25, 0.3) is 0 Å². The van der Waals surface area contributed by atoms with Crippen molar-refractivity contribution in [3.63, 3.8) is 0 Å². The molecule has 2 N–H and O–H groups in total. The van der Waals surface area contributed by atoms with Gasteiger partial charge < -0.3 is 10.6 Å². The quantitative estimate of drug-likeness (QED) is 0.814. The third kappa shape index (κ3) is 3.78. The van der Waals surface area contributed by atoms with Gasteiger partial charge in [-0.25, -0.2) is 0 Å². The summed E-state index contributed by atoms with van der Waals surface area (Å²) >= 11 is 0. The monoisotopic (exact) mass is 238 g/mol. The van der Waals surface area contributed by atoms with Gasteiger partial charge in [0.05, 0.1) is 6.04 Å². The molecule has 3 nitrogen and oxygen atoms in total. The highest BCUT2D eigenvalue weighted by molar-refractivity contribution is 5.86. The summed E-state index contributed by atoms with van der Waals surface area (Å²) in [5, 5.41) is 0. The molecule has 0 aromatic rings. The van der Waals surface area contributed by atoms with E-state index in [0.717, 1.165) is 32.5 Å². The number of nitrogens with zero attached hydrogens (tertiary/aromatic N) is 1. The van der Waals surface area contributed by atoms with E-state index < -0.39 is 0 Å². The second-order valence-electron chi connectivity index (χ2n) is 5.71. The zero-order chi connectivity index (χ0) is 12.1. The summed E-state index contributed by atoms with van der Waals surface area (Å²) in [6, 6.07) is -0.240. The van der Waals surface area contributed by atoms with Gasteiger partial charge in [0.1, 0.15) is 0 Å². The van der Waals surface area contributed by atoms with Crippen LogP contribution in [0.4, 0.5) is 0 Å². The number of rotatable bonds is 4. The first kappa shape index (κ1) is 13.0. The average Bonchev–Trinajstić information content (AvgIpc) is 2.40. The molecule has 0 unspecified atom stereocenters. The topological polar surface area (TPSA) is 46.3 Å². The molecule has 0 aromatic carbocycles. The predicted molar refractivity (Wildman–Crippen MR) is 69.8 cm³/mol. The molecule has 1 atom stereocenters. The van der Waals surface area contributed by atoms with Gasteiger partial charge in [0.15, 0.2) is 5.78 Å². The SMILES string of the molecule is N[C@@H](CN1CCCCC1)C(=O)C1CCCCC1. The number of ketones is 1. The number of carbonyl (C=O) groups excluding carboxylic acids is 1. The summed E-state index contributed by atoms with van der Waals surface area (Å²) in [5.74, 6) is 0.596. The van der Waals surface area contributed by atoms with Crippen molar-refractivity contribution in [3.05, 3.63) is 0 Å². The Hall–Kier alpha value is -0.410. The van der Waals surface area contributed by atoms with Crippen molar-refractivity contribution in [1.29, 1.82) is 0 Å². The molecular weight excluding hydrogens is 212 g/mol. The first-order valence-corrected chi connectivity index (χ1v) is 7.29. The van der Waals surface area contributed by atoms with Crippen LogP contribution in [-0.2, 0) is 4.79 Å². The Balaban J connectivity index is 1.77. The van der Waals surface area contributed by atoms with Crippen LogP contribution in [-0.4, -0.2) is 36.4 Å². The van der Waals surface area contributed by atoms with Crippen molar-refractivity contribution in [3.8, 4) is 0 Å². The molecule has 0 bridgehead atoms. The lowest BCUT2D eigenvalue weighted by Crippen LogP contribution is -2.46. The number of likely N-dealkylation sites (tertiary alicyclic amines) is 1. The van der Waals surface area contributed by atoms with Crippen molar-refractivity contribution < 1.29 is 4.79 Å². The summed E-state index contributed by atoms with van der Waals surface area (Å²) in [6.07, 6.45) is 9.75. The van der Waals surface area contributed by atoms with Crippen molar-refractivity contribution in [2.75, 3.05) is 19.6 Å². The van der Waals surface area contributed by atoms with Gasteiger partial charge in [-0.1, -0.05) is 25.7 Å². The van der Waals surface area contributed by atoms with Crippen LogP contribution < -0.4 is 5.73 Å². The molecule has 0 radical (unpaired) electrons. The largest absolute Gasteiger partial charge is 0.320 e. The molecule has 98 valence electrons. The second-order valence-corrected chi connectivity index (χ2v) is 5.71. The standard InChI is InChI=1S/C14H26N2O/c15-13(11-16-9-5-2-6-10-16)14(17)12-7-3-1-4-8-12/h12-13H,1-11,15H2/t13-/m0/s1. The van der Waals surface area contributed by atoms with Crippen LogP contribution in [0.1, 0.15) is 51.4 Å². The Bertz CT molecular complexity index is 243. The molecule has 17 heavy (non-hydrogen) atoms. The predicted octanol–water partition coefficient (Wildman–Crippen LogP) is 1.95. The summed E-state index contributed by atoms with van der Waals surface area (Å²) in [7, 11) is 0. The van der Waals surface area contributed by atoms with E-state index in [4.69, 9.17) is 5.73 Å². The van der Waals surface area contributed by atoms with Crippen molar-refractivity contribution >= 4 is 5.78 Å². The third-order valence-electron chi connectivity index (χ3n) is 4.28. The lowest BCUT2D eigenvalue weighted by atomic mass is 9.84. The van der Waals surface area contributed by atoms with Crippen LogP contribution in [0.2, 0.25) is 0 Å². The number of carbonyl (C=O) groups is 1. The van der Waals surface area contributed by atoms with E-state index in [1.54, 1.807) is 0 Å². The highest BCUT2D eigenvalue weighted by Gasteiger charge is 2.27. The summed E-state index contributed by atoms with van der Waals surface area (Å²) < 4.78 is 0. The number of nitrogens with two attached hydrogens (primary N) is 1. The summed E-state index contributed by atoms with van der Waals surface area (Å²) in [5.41, 5.74) is 6.09. The summed E-state index contributed by atoms with van der Waals surface area (Å²) in [4.78, 5) is 14.6. The zero-order valence-electron chi connectivity index (χ0n) is 10.9. The molecular formula is C14H26N2O. The van der Waals surface area contributed by atoms with Crippen LogP contribution in [0.15, 0.2) is 0 Å². The van der Waals surface area contributed by atoms with Gasteiger partial charge in [0.2, 0.25) is 0 Å². The number of piperidine rings is 1. The van der Waals surface area contributed by atoms with E-state index in [1.807, 2.05) is 0 Å². The molecule has 0 aromatic heterocycles. The van der Waals surface area contributed by atoms with Gasteiger partial charge in [-0.05, 0) is 38.8 Å². The molecule has 1 heterocycles. The number of hydrogen-bond acceptors (Lipinski definition) is 3. The molecule has 1 saturated heterocycles. The first-order chi connectivity index (χ1) is 8.27. The van der Waals surface area contributed by atoms with E-state index in [0.29, 0.717) is 5.78 Å². The molecule has 2 aliphatic rings. The maximum Gasteiger partial charge on any atom is 0.153 e. The smallest absolute Gasteiger partial charge is 0.153 e. The molecule has 0 spiro atoms. The van der Waals surface area contributed by atoms with Crippen LogP contribution in [0.5, 0.6) is 0 Å². The van der Waals surface area contributed by atoms with E-state index in [2.05, 4.69) is 4.90 Å². The van der Waals surface area contributed by atoms with Gasteiger partial charge in [0, 0.05) is 12.5 Å². The van der Waals surface area contributed by atoms with Crippen molar-refractivity contribution in [2.45, 2.75) is 57.4 Å². The Kier molecular flexibility index (Phi) is 4.99. The maximum absolute atomic E-state index is 12.2. The second kappa shape index (κ2) is 6.50. The minimum Gasteiger partial charge on any atom is -0.320 e. The first-order valence-electron chi connectivity index (χ1n) is 7.29. The Morgan fingerprint density at radius 3 is 2.29 bits per heavy atom. The number of Topliss-reactive ketones (excluding diaryl/α,β-unsaturated/α-hetero) is 1. The van der Waals surface area contributed by atoms with Gasteiger partial charge in [-0.15, -0.1) is 0 Å². The zero-order valence-corrected chi connectivity index (χ0v) is 10.9. The Morgan fingerprint density at radius 1 is 1.06 bits per heavy atom. The van der Waals surface area contributed by atoms with Crippen molar-refractivity contribution in [2.24, 2.45) is 11.7 Å². The minimum atomic E-state index is -0.240. The van der Waals surface area contributed by atoms with Gasteiger partial charge in [-0.2, -0.15) is 0 Å². The fraction of sp³-hybridized carbons (Fsp3) is 0.929. The molecule has 1 saturated carbocycles. The maximum atomic E-state index is 12.2. The minimum absolute atomic E-state index is 0.240. The van der Waals surface area contributed by atoms with E-state index in [-0.39, 0.29) is 12.0 Å². The molecule has 2 rings (SSSR count). The summed E-state index contributed by atoms with van der Waals surface area (Å²) in [6.45, 7) is 3.05. The van der Waals surface area contributed by atoms with Crippen LogP contribution in [0, 0.1) is 5.92 Å². The number of hydrogen-bond donors (Lipinski definition) is 1. The van der Waals surface area contributed by atoms with E-state index in [1.165, 1.54) is 38.5 Å². The van der Waals surface area contributed by atoms with Crippen LogP contribution in [0.25, 0.3) is 0 Å². The Labute approximate surface area is 105 Å².